The van der Waals surface area contributed by atoms with Gasteiger partial charge in [0.25, 0.3) is 5.56 Å². The van der Waals surface area contributed by atoms with E-state index in [-0.39, 0.29) is 25.4 Å². The first kappa shape index (κ1) is 33.0. The van der Waals surface area contributed by atoms with Crippen LogP contribution in [0.15, 0.2) is 107 Å². The molecule has 3 aromatic carbocycles. The largest absolute Gasteiger partial charge is 0.468 e. The van der Waals surface area contributed by atoms with Crippen molar-refractivity contribution in [3.05, 3.63) is 140 Å². The highest BCUT2D eigenvalue weighted by atomic mass is 16.6. The topological polar surface area (TPSA) is 144 Å². The van der Waals surface area contributed by atoms with E-state index in [2.05, 4.69) is 4.98 Å². The van der Waals surface area contributed by atoms with Crippen molar-refractivity contribution in [1.82, 2.24) is 9.55 Å². The van der Waals surface area contributed by atoms with Gasteiger partial charge in [0, 0.05) is 11.8 Å². The number of rotatable bonds is 13. The van der Waals surface area contributed by atoms with Crippen LogP contribution < -0.4 is 17.0 Å². The lowest BCUT2D eigenvalue weighted by molar-refractivity contribution is -0.267. The van der Waals surface area contributed by atoms with E-state index in [0.717, 1.165) is 16.7 Å². The third kappa shape index (κ3) is 8.06. The predicted octanol–water partition coefficient (Wildman–Crippen LogP) is 3.25. The lowest BCUT2D eigenvalue weighted by atomic mass is 9.83. The van der Waals surface area contributed by atoms with E-state index in [4.69, 9.17) is 29.4 Å². The highest BCUT2D eigenvalue weighted by molar-refractivity contribution is 5.76. The number of carbonyl (C=O) groups excluding carboxylic acids is 1. The average Bonchev–Trinajstić information content (AvgIpc) is 3.08. The second-order valence-corrected chi connectivity index (χ2v) is 11.2. The molecule has 0 bridgehead atoms. The predicted molar refractivity (Wildman–Crippen MR) is 170 cm³/mol. The van der Waals surface area contributed by atoms with Crippen LogP contribution in [-0.4, -0.2) is 53.6 Å². The molecule has 11 nitrogen and oxygen atoms in total. The molecule has 1 aliphatic rings. The quantitative estimate of drug-likeness (QED) is 0.213. The summed E-state index contributed by atoms with van der Waals surface area (Å²) in [6.45, 7) is 2.30. The van der Waals surface area contributed by atoms with Gasteiger partial charge < -0.3 is 29.4 Å². The molecule has 242 valence electrons. The molecule has 6 atom stereocenters. The van der Waals surface area contributed by atoms with E-state index in [0.29, 0.717) is 6.61 Å². The van der Waals surface area contributed by atoms with Crippen LogP contribution in [0.5, 0.6) is 0 Å². The highest BCUT2D eigenvalue weighted by Gasteiger charge is 2.52. The molecule has 0 radical (unpaired) electrons. The number of hydrogen-bond donors (Lipinski definition) is 2. The zero-order chi connectivity index (χ0) is 32.5. The first-order valence-corrected chi connectivity index (χ1v) is 15.1. The fourth-order valence-corrected chi connectivity index (χ4v) is 5.58. The second kappa shape index (κ2) is 15.7. The number of aryl methyl sites for hydroxylation is 1. The van der Waals surface area contributed by atoms with Gasteiger partial charge in [0.2, 0.25) is 0 Å². The number of aromatic nitrogens is 2. The second-order valence-electron chi connectivity index (χ2n) is 11.2. The third-order valence-corrected chi connectivity index (χ3v) is 7.99. The van der Waals surface area contributed by atoms with Crippen LogP contribution in [0, 0.1) is 12.8 Å². The number of H-pyrrole nitrogens is 1. The molecule has 0 aliphatic carbocycles. The summed E-state index contributed by atoms with van der Waals surface area (Å²) in [4.78, 5) is 40.9. The van der Waals surface area contributed by atoms with Gasteiger partial charge >= 0.3 is 11.7 Å². The molecule has 46 heavy (non-hydrogen) atoms. The molecule has 2 heterocycles. The Balaban J connectivity index is 1.57. The molecule has 1 aliphatic heterocycles. The van der Waals surface area contributed by atoms with Crippen LogP contribution in [0.3, 0.4) is 0 Å². The lowest BCUT2D eigenvalue weighted by Gasteiger charge is -2.48. The summed E-state index contributed by atoms with van der Waals surface area (Å²) in [6.07, 6.45) is -2.22. The van der Waals surface area contributed by atoms with Crippen LogP contribution in [0.25, 0.3) is 0 Å². The Morgan fingerprint density at radius 3 is 1.91 bits per heavy atom. The highest BCUT2D eigenvalue weighted by Crippen LogP contribution is 2.39. The Kier molecular flexibility index (Phi) is 11.3. The molecule has 1 fully saturated rings. The van der Waals surface area contributed by atoms with Crippen molar-refractivity contribution < 1.29 is 28.5 Å². The summed E-state index contributed by atoms with van der Waals surface area (Å²) in [6, 6.07) is 27.5. The molecular weight excluding hydrogens is 590 g/mol. The van der Waals surface area contributed by atoms with E-state index in [1.807, 2.05) is 91.0 Å². The van der Waals surface area contributed by atoms with Crippen molar-refractivity contribution in [2.45, 2.75) is 57.3 Å². The number of benzene rings is 3. The van der Waals surface area contributed by atoms with Gasteiger partial charge in [0.1, 0.15) is 24.5 Å². The zero-order valence-electron chi connectivity index (χ0n) is 25.8. The van der Waals surface area contributed by atoms with Crippen LogP contribution in [0.2, 0.25) is 0 Å². The number of ether oxygens (including phenoxy) is 5. The molecule has 4 aromatic rings. The number of hydrogen-bond acceptors (Lipinski definition) is 9. The van der Waals surface area contributed by atoms with Crippen molar-refractivity contribution in [1.29, 1.82) is 0 Å². The Labute approximate surface area is 266 Å². The third-order valence-electron chi connectivity index (χ3n) is 7.99. The molecule has 0 spiro atoms. The van der Waals surface area contributed by atoms with Gasteiger partial charge in [0.05, 0.1) is 45.6 Å². The van der Waals surface area contributed by atoms with Crippen molar-refractivity contribution in [3.8, 4) is 0 Å². The molecule has 1 saturated heterocycles. The van der Waals surface area contributed by atoms with Gasteiger partial charge in [-0.15, -0.1) is 0 Å². The van der Waals surface area contributed by atoms with E-state index < -0.39 is 53.7 Å². The van der Waals surface area contributed by atoms with Gasteiger partial charge in [-0.2, -0.15) is 0 Å². The lowest BCUT2D eigenvalue weighted by Crippen LogP contribution is -2.62. The average molecular weight is 630 g/mol. The van der Waals surface area contributed by atoms with Crippen LogP contribution in [-0.2, 0) is 48.3 Å². The number of nitrogens with one attached hydrogen (secondary N) is 1. The fourth-order valence-electron chi connectivity index (χ4n) is 5.58. The SMILES string of the molecule is COC(=O)[C@H](N)[C@@H]1[C@@H](OCc2ccccc2)[C@@H](OCc2ccccc2)[C@@H](COCc2ccccc2)O[C@H]1n1cc(C)c(=O)[nH]c1=O. The number of aromatic amines is 1. The van der Waals surface area contributed by atoms with E-state index in [1.165, 1.54) is 17.9 Å². The summed E-state index contributed by atoms with van der Waals surface area (Å²) in [5.41, 5.74) is 8.36. The van der Waals surface area contributed by atoms with Crippen LogP contribution in [0.4, 0.5) is 0 Å². The maximum atomic E-state index is 13.3. The number of nitrogens with two attached hydrogens (primary N) is 1. The Morgan fingerprint density at radius 1 is 0.848 bits per heavy atom. The molecule has 1 aromatic heterocycles. The molecule has 0 saturated carbocycles. The summed E-state index contributed by atoms with van der Waals surface area (Å²) in [5.74, 6) is -1.70. The van der Waals surface area contributed by atoms with Crippen molar-refractivity contribution in [3.63, 3.8) is 0 Å². The Hall–Kier alpha value is -4.39. The smallest absolute Gasteiger partial charge is 0.330 e. The van der Waals surface area contributed by atoms with Gasteiger partial charge in [0.15, 0.2) is 0 Å². The maximum absolute atomic E-state index is 13.3. The number of nitrogens with zero attached hydrogens (tertiary/aromatic N) is 1. The number of esters is 1. The summed E-state index contributed by atoms with van der Waals surface area (Å²) in [5, 5.41) is 0. The van der Waals surface area contributed by atoms with Gasteiger partial charge in [-0.3, -0.25) is 19.1 Å². The molecule has 0 amide bonds. The summed E-state index contributed by atoms with van der Waals surface area (Å²) >= 11 is 0. The molecule has 5 rings (SSSR count). The van der Waals surface area contributed by atoms with E-state index >= 15 is 0 Å². The Morgan fingerprint density at radius 2 is 1.37 bits per heavy atom. The van der Waals surface area contributed by atoms with Gasteiger partial charge in [-0.05, 0) is 23.6 Å². The molecular formula is C35H39N3O8. The summed E-state index contributed by atoms with van der Waals surface area (Å²) < 4.78 is 32.2. The Bertz CT molecular complexity index is 1660. The normalized spacial score (nSPS) is 21.8. The number of carbonyl (C=O) groups is 1. The molecule has 3 N–H and O–H groups in total. The van der Waals surface area contributed by atoms with E-state index in [1.54, 1.807) is 6.92 Å². The van der Waals surface area contributed by atoms with Crippen LogP contribution >= 0.6 is 0 Å². The van der Waals surface area contributed by atoms with Gasteiger partial charge in [-0.1, -0.05) is 91.0 Å². The summed E-state index contributed by atoms with van der Waals surface area (Å²) in [7, 11) is 1.24. The molecule has 0 unspecified atom stereocenters. The minimum absolute atomic E-state index is 0.0628. The minimum Gasteiger partial charge on any atom is -0.468 e. The first-order valence-electron chi connectivity index (χ1n) is 15.1. The van der Waals surface area contributed by atoms with Gasteiger partial charge in [-0.25, -0.2) is 4.79 Å². The van der Waals surface area contributed by atoms with Crippen molar-refractivity contribution in [2.75, 3.05) is 13.7 Å². The van der Waals surface area contributed by atoms with E-state index in [9.17, 15) is 14.4 Å². The standard InChI is InChI=1S/C35H39N3O8/c1-23-18-38(35(41)37-32(23)39)33-28(29(36)34(40)42-2)31(45-21-26-16-10-5-11-17-26)30(44-20-25-14-8-4-9-15-25)27(46-33)22-43-19-24-12-6-3-7-13-24/h3-18,27-31,33H,19-22,36H2,1-2H3,(H,37,39,41)/t27-,28-,29-,30+,31-,33-/m1/s1. The number of methoxy groups -OCH3 is 1. The van der Waals surface area contributed by atoms with Crippen LogP contribution in [0.1, 0.15) is 28.5 Å². The maximum Gasteiger partial charge on any atom is 0.330 e. The molecule has 11 heteroatoms. The monoisotopic (exact) mass is 629 g/mol. The first-order chi connectivity index (χ1) is 22.4. The zero-order valence-corrected chi connectivity index (χ0v) is 25.8. The minimum atomic E-state index is -1.29. The van der Waals surface area contributed by atoms with Crippen molar-refractivity contribution in [2.24, 2.45) is 11.7 Å². The van der Waals surface area contributed by atoms with Crippen molar-refractivity contribution >= 4 is 5.97 Å². The fraction of sp³-hybridized carbons (Fsp3) is 0.343.